The highest BCUT2D eigenvalue weighted by Gasteiger charge is 2.03. The summed E-state index contributed by atoms with van der Waals surface area (Å²) in [5.41, 5.74) is 10.1. The monoisotopic (exact) mass is 237 g/mol. The topological polar surface area (TPSA) is 43.8 Å². The Bertz CT molecular complexity index is 670. The zero-order chi connectivity index (χ0) is 12.4. The van der Waals surface area contributed by atoms with E-state index in [2.05, 4.69) is 39.9 Å². The molecule has 0 saturated carbocycles. The molecule has 1 heterocycles. The molecule has 0 atom stereocenters. The van der Waals surface area contributed by atoms with E-state index in [1.807, 2.05) is 24.5 Å². The molecule has 0 aliphatic heterocycles. The Hall–Kier alpha value is -2.13. The molecule has 0 spiro atoms. The molecular formula is C15H15N3. The summed E-state index contributed by atoms with van der Waals surface area (Å²) < 4.78 is 2.11. The summed E-state index contributed by atoms with van der Waals surface area (Å²) in [5.74, 6) is 0. The van der Waals surface area contributed by atoms with E-state index in [4.69, 9.17) is 5.73 Å². The first kappa shape index (κ1) is 11.0. The van der Waals surface area contributed by atoms with Gasteiger partial charge < -0.3 is 5.73 Å². The Morgan fingerprint density at radius 2 is 1.94 bits per heavy atom. The van der Waals surface area contributed by atoms with Crippen LogP contribution in [0.2, 0.25) is 0 Å². The number of fused-ring (bicyclic) bond motifs is 1. The molecule has 0 saturated heterocycles. The minimum absolute atomic E-state index is 0.675. The molecule has 3 heteroatoms. The number of benzene rings is 2. The Morgan fingerprint density at radius 3 is 2.83 bits per heavy atom. The van der Waals surface area contributed by atoms with E-state index in [1.165, 1.54) is 5.56 Å². The summed E-state index contributed by atoms with van der Waals surface area (Å²) in [7, 11) is 0. The second-order valence-corrected chi connectivity index (χ2v) is 4.31. The first-order chi connectivity index (χ1) is 8.88. The van der Waals surface area contributed by atoms with Crippen molar-refractivity contribution in [3.63, 3.8) is 0 Å². The second-order valence-electron chi connectivity index (χ2n) is 4.31. The maximum atomic E-state index is 5.60. The van der Waals surface area contributed by atoms with E-state index in [0.29, 0.717) is 6.54 Å². The van der Waals surface area contributed by atoms with Gasteiger partial charge in [-0.25, -0.2) is 4.98 Å². The van der Waals surface area contributed by atoms with Gasteiger partial charge in [0.1, 0.15) is 6.33 Å². The van der Waals surface area contributed by atoms with Crippen LogP contribution in [0.15, 0.2) is 54.9 Å². The van der Waals surface area contributed by atoms with Crippen molar-refractivity contribution in [2.75, 3.05) is 6.54 Å². The van der Waals surface area contributed by atoms with Gasteiger partial charge in [0.25, 0.3) is 0 Å². The third-order valence-corrected chi connectivity index (χ3v) is 3.08. The Balaban J connectivity index is 2.11. The fraction of sp³-hybridized carbons (Fsp3) is 0.133. The molecule has 0 radical (unpaired) electrons. The number of para-hydroxylation sites is 2. The standard InChI is InChI=1S/C15H15N3/c16-9-8-12-4-3-5-13(10-12)18-11-17-14-6-1-2-7-15(14)18/h1-7,10-11H,8-9,16H2. The van der Waals surface area contributed by atoms with Crippen molar-refractivity contribution in [2.24, 2.45) is 5.73 Å². The molecule has 1 aromatic heterocycles. The molecule has 90 valence electrons. The van der Waals surface area contributed by atoms with Gasteiger partial charge in [0, 0.05) is 5.69 Å². The van der Waals surface area contributed by atoms with Gasteiger partial charge >= 0.3 is 0 Å². The minimum Gasteiger partial charge on any atom is -0.330 e. The number of hydrogen-bond acceptors (Lipinski definition) is 2. The molecule has 3 nitrogen and oxygen atoms in total. The third-order valence-electron chi connectivity index (χ3n) is 3.08. The summed E-state index contributed by atoms with van der Waals surface area (Å²) in [5, 5.41) is 0. The Morgan fingerprint density at radius 1 is 1.06 bits per heavy atom. The number of hydrogen-bond donors (Lipinski definition) is 1. The highest BCUT2D eigenvalue weighted by atomic mass is 15.0. The van der Waals surface area contributed by atoms with Crippen molar-refractivity contribution in [3.8, 4) is 5.69 Å². The van der Waals surface area contributed by atoms with E-state index in [1.54, 1.807) is 0 Å². The van der Waals surface area contributed by atoms with Gasteiger partial charge in [-0.15, -0.1) is 0 Å². The molecule has 2 N–H and O–H groups in total. The summed E-state index contributed by atoms with van der Waals surface area (Å²) in [4.78, 5) is 4.41. The van der Waals surface area contributed by atoms with Gasteiger partial charge in [0.05, 0.1) is 11.0 Å². The fourth-order valence-electron chi connectivity index (χ4n) is 2.19. The van der Waals surface area contributed by atoms with Crippen LogP contribution in [0.1, 0.15) is 5.56 Å². The van der Waals surface area contributed by atoms with Gasteiger partial charge in [-0.3, -0.25) is 4.57 Å². The van der Waals surface area contributed by atoms with Gasteiger partial charge in [-0.1, -0.05) is 24.3 Å². The summed E-state index contributed by atoms with van der Waals surface area (Å²) in [6.07, 6.45) is 2.77. The van der Waals surface area contributed by atoms with Crippen LogP contribution in [0.25, 0.3) is 16.7 Å². The van der Waals surface area contributed by atoms with E-state index < -0.39 is 0 Å². The maximum absolute atomic E-state index is 5.60. The highest BCUT2D eigenvalue weighted by Crippen LogP contribution is 2.18. The quantitative estimate of drug-likeness (QED) is 0.760. The van der Waals surface area contributed by atoms with E-state index >= 15 is 0 Å². The molecule has 0 unspecified atom stereocenters. The summed E-state index contributed by atoms with van der Waals surface area (Å²) in [6.45, 7) is 0.675. The molecule has 2 aromatic carbocycles. The Labute approximate surface area is 106 Å². The summed E-state index contributed by atoms with van der Waals surface area (Å²) >= 11 is 0. The molecule has 0 aliphatic rings. The van der Waals surface area contributed by atoms with Crippen LogP contribution in [0, 0.1) is 0 Å². The fourth-order valence-corrected chi connectivity index (χ4v) is 2.19. The smallest absolute Gasteiger partial charge is 0.100 e. The lowest BCUT2D eigenvalue weighted by molar-refractivity contribution is 0.962. The predicted molar refractivity (Wildman–Crippen MR) is 73.8 cm³/mol. The average Bonchev–Trinajstić information content (AvgIpc) is 2.83. The van der Waals surface area contributed by atoms with Crippen LogP contribution >= 0.6 is 0 Å². The summed E-state index contributed by atoms with van der Waals surface area (Å²) in [6, 6.07) is 16.6. The Kier molecular flexibility index (Phi) is 2.82. The molecule has 3 rings (SSSR count). The van der Waals surface area contributed by atoms with E-state index in [0.717, 1.165) is 23.1 Å². The average molecular weight is 237 g/mol. The van der Waals surface area contributed by atoms with Crippen LogP contribution in [-0.4, -0.2) is 16.1 Å². The highest BCUT2D eigenvalue weighted by molar-refractivity contribution is 5.77. The molecular weight excluding hydrogens is 222 g/mol. The first-order valence-corrected chi connectivity index (χ1v) is 6.10. The van der Waals surface area contributed by atoms with Crippen molar-refractivity contribution in [3.05, 3.63) is 60.4 Å². The maximum Gasteiger partial charge on any atom is 0.100 e. The molecule has 0 amide bonds. The van der Waals surface area contributed by atoms with Gasteiger partial charge in [-0.2, -0.15) is 0 Å². The molecule has 18 heavy (non-hydrogen) atoms. The zero-order valence-electron chi connectivity index (χ0n) is 10.1. The molecule has 0 aliphatic carbocycles. The van der Waals surface area contributed by atoms with Gasteiger partial charge in [-0.05, 0) is 42.8 Å². The normalized spacial score (nSPS) is 10.9. The van der Waals surface area contributed by atoms with E-state index in [-0.39, 0.29) is 0 Å². The zero-order valence-corrected chi connectivity index (χ0v) is 10.1. The van der Waals surface area contributed by atoms with Crippen molar-refractivity contribution in [1.29, 1.82) is 0 Å². The van der Waals surface area contributed by atoms with Crippen molar-refractivity contribution < 1.29 is 0 Å². The van der Waals surface area contributed by atoms with Crippen LogP contribution in [-0.2, 0) is 6.42 Å². The van der Waals surface area contributed by atoms with Crippen LogP contribution < -0.4 is 5.73 Å². The number of imidazole rings is 1. The SMILES string of the molecule is NCCc1cccc(-n2cnc3ccccc32)c1. The third kappa shape index (κ3) is 1.89. The van der Waals surface area contributed by atoms with Gasteiger partial charge in [0.2, 0.25) is 0 Å². The van der Waals surface area contributed by atoms with Crippen LogP contribution in [0.4, 0.5) is 0 Å². The molecule has 0 fully saturated rings. The predicted octanol–water partition coefficient (Wildman–Crippen LogP) is 2.53. The van der Waals surface area contributed by atoms with E-state index in [9.17, 15) is 0 Å². The lowest BCUT2D eigenvalue weighted by atomic mass is 10.1. The van der Waals surface area contributed by atoms with Crippen molar-refractivity contribution in [1.82, 2.24) is 9.55 Å². The number of nitrogens with two attached hydrogens (primary N) is 1. The van der Waals surface area contributed by atoms with Crippen LogP contribution in [0.5, 0.6) is 0 Å². The number of rotatable bonds is 3. The first-order valence-electron chi connectivity index (χ1n) is 6.10. The minimum atomic E-state index is 0.675. The lowest BCUT2D eigenvalue weighted by Crippen LogP contribution is -2.03. The largest absolute Gasteiger partial charge is 0.330 e. The number of nitrogens with zero attached hydrogens (tertiary/aromatic N) is 2. The second kappa shape index (κ2) is 4.63. The van der Waals surface area contributed by atoms with Crippen molar-refractivity contribution >= 4 is 11.0 Å². The molecule has 0 bridgehead atoms. The van der Waals surface area contributed by atoms with Crippen molar-refractivity contribution in [2.45, 2.75) is 6.42 Å². The molecule has 3 aromatic rings. The lowest BCUT2D eigenvalue weighted by Gasteiger charge is -2.06. The van der Waals surface area contributed by atoms with Crippen LogP contribution in [0.3, 0.4) is 0 Å². The van der Waals surface area contributed by atoms with Gasteiger partial charge in [0.15, 0.2) is 0 Å². The number of aromatic nitrogens is 2.